The van der Waals surface area contributed by atoms with E-state index in [4.69, 9.17) is 4.74 Å². The smallest absolute Gasteiger partial charge is 0.287 e. The fourth-order valence-corrected chi connectivity index (χ4v) is 4.52. The number of aromatic nitrogens is 2. The van der Waals surface area contributed by atoms with Gasteiger partial charge in [-0.3, -0.25) is 4.79 Å². The van der Waals surface area contributed by atoms with Crippen molar-refractivity contribution in [3.8, 4) is 0 Å². The van der Waals surface area contributed by atoms with Crippen molar-refractivity contribution in [1.82, 2.24) is 23.9 Å². The molecule has 2 aliphatic rings. The number of imidazole rings is 1. The van der Waals surface area contributed by atoms with Gasteiger partial charge >= 0.3 is 0 Å². The maximum absolute atomic E-state index is 12.7. The molecule has 2 fully saturated rings. The SMILES string of the molecule is O=C(NC1CCCN(S(=O)(=O)N2CCOCC2)C1)c1ncc[nH]1. The Morgan fingerprint density at radius 3 is 2.78 bits per heavy atom. The maximum atomic E-state index is 12.7. The molecule has 10 heteroatoms. The zero-order valence-corrected chi connectivity index (χ0v) is 13.6. The van der Waals surface area contributed by atoms with Gasteiger partial charge in [-0.2, -0.15) is 17.0 Å². The third kappa shape index (κ3) is 3.71. The van der Waals surface area contributed by atoms with Crippen molar-refractivity contribution in [3.63, 3.8) is 0 Å². The van der Waals surface area contributed by atoms with Gasteiger partial charge in [0.1, 0.15) is 0 Å². The van der Waals surface area contributed by atoms with E-state index in [1.807, 2.05) is 0 Å². The van der Waals surface area contributed by atoms with Crippen LogP contribution in [0.5, 0.6) is 0 Å². The number of piperidine rings is 1. The van der Waals surface area contributed by atoms with E-state index >= 15 is 0 Å². The summed E-state index contributed by atoms with van der Waals surface area (Å²) in [7, 11) is -3.50. The monoisotopic (exact) mass is 343 g/mol. The second kappa shape index (κ2) is 6.95. The van der Waals surface area contributed by atoms with Crippen molar-refractivity contribution in [2.45, 2.75) is 18.9 Å². The van der Waals surface area contributed by atoms with Crippen LogP contribution >= 0.6 is 0 Å². The molecule has 9 nitrogen and oxygen atoms in total. The Bertz CT molecular complexity index is 627. The number of hydrogen-bond acceptors (Lipinski definition) is 5. The van der Waals surface area contributed by atoms with Gasteiger partial charge in [-0.25, -0.2) is 4.98 Å². The van der Waals surface area contributed by atoms with Gasteiger partial charge in [-0.05, 0) is 12.8 Å². The molecule has 1 amide bonds. The second-order valence-corrected chi connectivity index (χ2v) is 7.56. The number of morpholine rings is 1. The Morgan fingerprint density at radius 1 is 1.30 bits per heavy atom. The predicted molar refractivity (Wildman–Crippen MR) is 82.0 cm³/mol. The molecule has 1 unspecified atom stereocenters. The van der Waals surface area contributed by atoms with Crippen LogP contribution in [-0.2, 0) is 14.9 Å². The molecule has 3 heterocycles. The highest BCUT2D eigenvalue weighted by molar-refractivity contribution is 7.86. The van der Waals surface area contributed by atoms with Gasteiger partial charge in [0, 0.05) is 44.6 Å². The van der Waals surface area contributed by atoms with E-state index in [0.717, 1.165) is 6.42 Å². The molecule has 3 rings (SSSR count). The molecule has 0 spiro atoms. The van der Waals surface area contributed by atoms with Crippen molar-refractivity contribution in [2.24, 2.45) is 0 Å². The van der Waals surface area contributed by atoms with E-state index in [0.29, 0.717) is 39.3 Å². The summed E-state index contributed by atoms with van der Waals surface area (Å²) in [5.74, 6) is -0.0798. The Kier molecular flexibility index (Phi) is 4.95. The highest BCUT2D eigenvalue weighted by atomic mass is 32.2. The van der Waals surface area contributed by atoms with Crippen molar-refractivity contribution in [3.05, 3.63) is 18.2 Å². The number of hydrogen-bond donors (Lipinski definition) is 2. The minimum atomic E-state index is -3.50. The van der Waals surface area contributed by atoms with E-state index in [1.165, 1.54) is 14.8 Å². The quantitative estimate of drug-likeness (QED) is 0.743. The van der Waals surface area contributed by atoms with Gasteiger partial charge in [0.05, 0.1) is 13.2 Å². The van der Waals surface area contributed by atoms with Crippen molar-refractivity contribution < 1.29 is 17.9 Å². The molecule has 128 valence electrons. The fourth-order valence-electron chi connectivity index (χ4n) is 2.85. The van der Waals surface area contributed by atoms with Crippen LogP contribution < -0.4 is 5.32 Å². The van der Waals surface area contributed by atoms with Crippen LogP contribution in [-0.4, -0.2) is 78.3 Å². The standard InChI is InChI=1S/C13H21N5O4S/c19-13(12-14-3-4-15-12)16-11-2-1-5-18(10-11)23(20,21)17-6-8-22-9-7-17/h3-4,11H,1-2,5-10H2,(H,14,15)(H,16,19). The van der Waals surface area contributed by atoms with Crippen LogP contribution in [0.4, 0.5) is 0 Å². The summed E-state index contributed by atoms with van der Waals surface area (Å²) in [6.45, 7) is 2.36. The van der Waals surface area contributed by atoms with Crippen LogP contribution in [0, 0.1) is 0 Å². The molecule has 23 heavy (non-hydrogen) atoms. The first-order valence-electron chi connectivity index (χ1n) is 7.70. The number of H-pyrrole nitrogens is 1. The number of aromatic amines is 1. The highest BCUT2D eigenvalue weighted by Crippen LogP contribution is 2.18. The zero-order chi connectivity index (χ0) is 16.3. The largest absolute Gasteiger partial charge is 0.379 e. The highest BCUT2D eigenvalue weighted by Gasteiger charge is 2.35. The number of nitrogens with zero attached hydrogens (tertiary/aromatic N) is 3. The van der Waals surface area contributed by atoms with E-state index in [1.54, 1.807) is 6.20 Å². The maximum Gasteiger partial charge on any atom is 0.287 e. The number of carbonyl (C=O) groups is 1. The van der Waals surface area contributed by atoms with E-state index in [9.17, 15) is 13.2 Å². The summed E-state index contributed by atoms with van der Waals surface area (Å²) in [6, 6.07) is -0.211. The molecular formula is C13H21N5O4S. The van der Waals surface area contributed by atoms with Gasteiger partial charge in [0.2, 0.25) is 0 Å². The molecule has 0 aliphatic carbocycles. The Morgan fingerprint density at radius 2 is 2.09 bits per heavy atom. The first-order chi connectivity index (χ1) is 11.1. The first-order valence-corrected chi connectivity index (χ1v) is 9.10. The lowest BCUT2D eigenvalue weighted by molar-refractivity contribution is 0.0691. The van der Waals surface area contributed by atoms with Crippen LogP contribution in [0.15, 0.2) is 12.4 Å². The van der Waals surface area contributed by atoms with E-state index in [-0.39, 0.29) is 24.3 Å². The second-order valence-electron chi connectivity index (χ2n) is 5.63. The summed E-state index contributed by atoms with van der Waals surface area (Å²) in [6.07, 6.45) is 4.55. The molecule has 0 radical (unpaired) electrons. The third-order valence-electron chi connectivity index (χ3n) is 4.06. The summed E-state index contributed by atoms with van der Waals surface area (Å²) in [4.78, 5) is 18.7. The molecule has 1 aromatic heterocycles. The van der Waals surface area contributed by atoms with Crippen molar-refractivity contribution >= 4 is 16.1 Å². The molecule has 2 aliphatic heterocycles. The topological polar surface area (TPSA) is 108 Å². The Balaban J connectivity index is 1.62. The van der Waals surface area contributed by atoms with Gasteiger partial charge in [0.15, 0.2) is 5.82 Å². The van der Waals surface area contributed by atoms with E-state index in [2.05, 4.69) is 15.3 Å². The summed E-state index contributed by atoms with van der Waals surface area (Å²) in [5.41, 5.74) is 0. The van der Waals surface area contributed by atoms with Crippen LogP contribution in [0.2, 0.25) is 0 Å². The van der Waals surface area contributed by atoms with Crippen LogP contribution in [0.3, 0.4) is 0 Å². The molecule has 2 N–H and O–H groups in total. The van der Waals surface area contributed by atoms with Crippen LogP contribution in [0.1, 0.15) is 23.5 Å². The van der Waals surface area contributed by atoms with Gasteiger partial charge in [-0.15, -0.1) is 0 Å². The minimum absolute atomic E-state index is 0.211. The molecule has 0 saturated carbocycles. The summed E-state index contributed by atoms with van der Waals surface area (Å²) >= 11 is 0. The van der Waals surface area contributed by atoms with E-state index < -0.39 is 10.2 Å². The van der Waals surface area contributed by atoms with Gasteiger partial charge < -0.3 is 15.0 Å². The van der Waals surface area contributed by atoms with Crippen molar-refractivity contribution in [2.75, 3.05) is 39.4 Å². The lowest BCUT2D eigenvalue weighted by atomic mass is 10.1. The number of rotatable bonds is 4. The third-order valence-corrected chi connectivity index (χ3v) is 6.06. The molecule has 0 aromatic carbocycles. The summed E-state index contributed by atoms with van der Waals surface area (Å²) < 4.78 is 33.4. The zero-order valence-electron chi connectivity index (χ0n) is 12.8. The van der Waals surface area contributed by atoms with Crippen LogP contribution in [0.25, 0.3) is 0 Å². The van der Waals surface area contributed by atoms with Gasteiger partial charge in [-0.1, -0.05) is 0 Å². The molecular weight excluding hydrogens is 322 g/mol. The molecule has 1 aromatic rings. The molecule has 0 bridgehead atoms. The lowest BCUT2D eigenvalue weighted by Crippen LogP contribution is -2.55. The normalized spacial score (nSPS) is 24.4. The number of ether oxygens (including phenoxy) is 1. The van der Waals surface area contributed by atoms with Gasteiger partial charge in [0.25, 0.3) is 16.1 Å². The first kappa shape index (κ1) is 16.4. The predicted octanol–water partition coefficient (Wildman–Crippen LogP) is -0.819. The molecule has 1 atom stereocenters. The lowest BCUT2D eigenvalue weighted by Gasteiger charge is -2.36. The molecule has 2 saturated heterocycles. The number of amides is 1. The van der Waals surface area contributed by atoms with Crippen molar-refractivity contribution in [1.29, 1.82) is 0 Å². The average Bonchev–Trinajstić information content (AvgIpc) is 3.10. The average molecular weight is 343 g/mol. The Hall–Kier alpha value is -1.49. The number of carbonyl (C=O) groups excluding carboxylic acids is 1. The minimum Gasteiger partial charge on any atom is -0.379 e. The summed E-state index contributed by atoms with van der Waals surface area (Å²) in [5, 5.41) is 2.84. The number of nitrogens with one attached hydrogen (secondary N) is 2. The fraction of sp³-hybridized carbons (Fsp3) is 0.692. The Labute approximate surface area is 135 Å².